The lowest BCUT2D eigenvalue weighted by Gasteiger charge is -1.97. The summed E-state index contributed by atoms with van der Waals surface area (Å²) in [6.45, 7) is 0. The molecule has 0 aromatic heterocycles. The quantitative estimate of drug-likeness (QED) is 0.457. The van der Waals surface area contributed by atoms with E-state index in [1.165, 1.54) is 0 Å². The Morgan fingerprint density at radius 1 is 1.00 bits per heavy atom. The number of halogens is 1. The van der Waals surface area contributed by atoms with Crippen molar-refractivity contribution in [1.29, 1.82) is 0 Å². The molecule has 2 aromatic carbocycles. The predicted molar refractivity (Wildman–Crippen MR) is 86.2 cm³/mol. The molecular weight excluding hydrogens is 365 g/mol. The molecule has 0 atom stereocenters. The molecule has 98 valence electrons. The van der Waals surface area contributed by atoms with Crippen molar-refractivity contribution in [2.24, 2.45) is 4.99 Å². The van der Waals surface area contributed by atoms with Crippen molar-refractivity contribution in [3.63, 3.8) is 0 Å². The van der Waals surface area contributed by atoms with E-state index in [9.17, 15) is 4.79 Å². The number of nitrogens with zero attached hydrogens (tertiary/aromatic N) is 1. The van der Waals surface area contributed by atoms with Gasteiger partial charge >= 0.3 is 5.97 Å². The topological polar surface area (TPSA) is 38.7 Å². The Bertz CT molecular complexity index is 703. The van der Waals surface area contributed by atoms with E-state index in [0.29, 0.717) is 11.6 Å². The number of rotatable bonds is 2. The Kier molecular flexibility index (Phi) is 3.64. The number of cyclic esters (lactones) is 1. The molecule has 1 heterocycles. The van der Waals surface area contributed by atoms with Crippen LogP contribution >= 0.6 is 22.6 Å². The molecule has 1 aliphatic rings. The maximum absolute atomic E-state index is 11.8. The number of carbonyl (C=O) groups excluding carboxylic acids is 1. The molecule has 20 heavy (non-hydrogen) atoms. The average molecular weight is 375 g/mol. The highest BCUT2D eigenvalue weighted by molar-refractivity contribution is 14.1. The van der Waals surface area contributed by atoms with Gasteiger partial charge in [0.1, 0.15) is 0 Å². The fourth-order valence-corrected chi connectivity index (χ4v) is 2.19. The molecule has 1 aliphatic heterocycles. The van der Waals surface area contributed by atoms with Crippen LogP contribution in [-0.4, -0.2) is 11.9 Å². The van der Waals surface area contributed by atoms with Crippen molar-refractivity contribution in [3.8, 4) is 0 Å². The molecule has 0 unspecified atom stereocenters. The van der Waals surface area contributed by atoms with Gasteiger partial charge in [-0.25, -0.2) is 9.79 Å². The Morgan fingerprint density at radius 2 is 1.70 bits per heavy atom. The minimum Gasteiger partial charge on any atom is -0.402 e. The lowest BCUT2D eigenvalue weighted by Crippen LogP contribution is -2.04. The fourth-order valence-electron chi connectivity index (χ4n) is 1.83. The van der Waals surface area contributed by atoms with Crippen molar-refractivity contribution >= 4 is 40.5 Å². The first-order valence-electron chi connectivity index (χ1n) is 6.06. The number of hydrogen-bond acceptors (Lipinski definition) is 3. The number of ether oxygens (including phenoxy) is 1. The predicted octanol–water partition coefficient (Wildman–Crippen LogP) is 3.64. The van der Waals surface area contributed by atoms with Gasteiger partial charge in [-0.05, 0) is 58.5 Å². The van der Waals surface area contributed by atoms with Crippen LogP contribution in [0, 0.1) is 3.57 Å². The van der Waals surface area contributed by atoms with Gasteiger partial charge in [0.25, 0.3) is 0 Å². The fraction of sp³-hybridized carbons (Fsp3) is 0. The molecule has 0 bridgehead atoms. The highest BCUT2D eigenvalue weighted by atomic mass is 127. The van der Waals surface area contributed by atoms with Crippen LogP contribution in [0.1, 0.15) is 11.1 Å². The second-order valence-corrected chi connectivity index (χ2v) is 5.50. The van der Waals surface area contributed by atoms with Crippen molar-refractivity contribution in [3.05, 3.63) is 75.0 Å². The van der Waals surface area contributed by atoms with Crippen LogP contribution in [0.5, 0.6) is 0 Å². The third-order valence-electron chi connectivity index (χ3n) is 2.81. The van der Waals surface area contributed by atoms with Crippen LogP contribution in [0.3, 0.4) is 0 Å². The summed E-state index contributed by atoms with van der Waals surface area (Å²) in [6, 6.07) is 17.2. The van der Waals surface area contributed by atoms with Crippen molar-refractivity contribution in [2.45, 2.75) is 0 Å². The van der Waals surface area contributed by atoms with Gasteiger partial charge in [0, 0.05) is 9.13 Å². The normalized spacial score (nSPS) is 16.1. The van der Waals surface area contributed by atoms with Gasteiger partial charge in [-0.3, -0.25) is 0 Å². The van der Waals surface area contributed by atoms with Crippen molar-refractivity contribution in [1.82, 2.24) is 0 Å². The summed E-state index contributed by atoms with van der Waals surface area (Å²) in [6.07, 6.45) is 1.73. The van der Waals surface area contributed by atoms with Crippen LogP contribution in [-0.2, 0) is 9.53 Å². The van der Waals surface area contributed by atoms with Crippen LogP contribution in [0.15, 0.2) is 65.3 Å². The van der Waals surface area contributed by atoms with Gasteiger partial charge in [0.05, 0.1) is 0 Å². The van der Waals surface area contributed by atoms with Gasteiger partial charge in [-0.15, -0.1) is 0 Å². The number of esters is 1. The molecule has 0 saturated heterocycles. The number of carbonyl (C=O) groups is 1. The molecule has 0 N–H and O–H groups in total. The maximum Gasteiger partial charge on any atom is 0.363 e. The molecule has 0 saturated carbocycles. The van der Waals surface area contributed by atoms with Crippen LogP contribution in [0.4, 0.5) is 0 Å². The van der Waals surface area contributed by atoms with E-state index in [4.69, 9.17) is 4.74 Å². The Labute approximate surface area is 130 Å². The van der Waals surface area contributed by atoms with Gasteiger partial charge in [0.15, 0.2) is 5.70 Å². The lowest BCUT2D eigenvalue weighted by molar-refractivity contribution is -0.129. The standard InChI is InChI=1S/C16H10INO2/c17-13-8-6-11(7-9-13)10-14-16(19)20-15(18-14)12-4-2-1-3-5-12/h1-10H. The van der Waals surface area contributed by atoms with Gasteiger partial charge in [-0.1, -0.05) is 30.3 Å². The van der Waals surface area contributed by atoms with Gasteiger partial charge in [-0.2, -0.15) is 0 Å². The van der Waals surface area contributed by atoms with E-state index >= 15 is 0 Å². The molecule has 0 aliphatic carbocycles. The number of aliphatic imine (C=N–C) groups is 1. The maximum atomic E-state index is 11.8. The summed E-state index contributed by atoms with van der Waals surface area (Å²) in [5.41, 5.74) is 2.05. The zero-order valence-corrected chi connectivity index (χ0v) is 12.6. The van der Waals surface area contributed by atoms with E-state index in [-0.39, 0.29) is 0 Å². The van der Waals surface area contributed by atoms with E-state index in [1.54, 1.807) is 6.08 Å². The Morgan fingerprint density at radius 3 is 2.40 bits per heavy atom. The largest absolute Gasteiger partial charge is 0.402 e. The molecular formula is C16H10INO2. The molecule has 0 spiro atoms. The van der Waals surface area contributed by atoms with Crippen molar-refractivity contribution in [2.75, 3.05) is 0 Å². The van der Waals surface area contributed by atoms with Gasteiger partial charge < -0.3 is 4.74 Å². The lowest BCUT2D eigenvalue weighted by atomic mass is 10.2. The molecule has 0 fully saturated rings. The molecule has 3 rings (SSSR count). The summed E-state index contributed by atoms with van der Waals surface area (Å²) in [4.78, 5) is 16.1. The second kappa shape index (κ2) is 5.58. The molecule has 0 radical (unpaired) electrons. The molecule has 3 nitrogen and oxygen atoms in total. The molecule has 4 heteroatoms. The summed E-state index contributed by atoms with van der Waals surface area (Å²) >= 11 is 2.24. The smallest absolute Gasteiger partial charge is 0.363 e. The Hall–Kier alpha value is -1.95. The number of benzene rings is 2. The summed E-state index contributed by atoms with van der Waals surface area (Å²) in [7, 11) is 0. The van der Waals surface area contributed by atoms with E-state index in [0.717, 1.165) is 14.7 Å². The average Bonchev–Trinajstić information content (AvgIpc) is 2.84. The highest BCUT2D eigenvalue weighted by Gasteiger charge is 2.23. The van der Waals surface area contributed by atoms with Crippen LogP contribution < -0.4 is 0 Å². The van der Waals surface area contributed by atoms with Crippen molar-refractivity contribution < 1.29 is 9.53 Å². The first-order chi connectivity index (χ1) is 9.72. The minimum absolute atomic E-state index is 0.324. The van der Waals surface area contributed by atoms with Crippen LogP contribution in [0.2, 0.25) is 0 Å². The summed E-state index contributed by atoms with van der Waals surface area (Å²) in [5, 5.41) is 0. The second-order valence-electron chi connectivity index (χ2n) is 4.25. The SMILES string of the molecule is O=C1OC(c2ccccc2)=NC1=Cc1ccc(I)cc1. The zero-order chi connectivity index (χ0) is 13.9. The number of hydrogen-bond donors (Lipinski definition) is 0. The molecule has 2 aromatic rings. The zero-order valence-electron chi connectivity index (χ0n) is 10.4. The van der Waals surface area contributed by atoms with E-state index in [2.05, 4.69) is 27.6 Å². The Balaban J connectivity index is 1.92. The van der Waals surface area contributed by atoms with E-state index in [1.807, 2.05) is 54.6 Å². The third kappa shape index (κ3) is 2.80. The first kappa shape index (κ1) is 13.1. The third-order valence-corrected chi connectivity index (χ3v) is 3.53. The van der Waals surface area contributed by atoms with Gasteiger partial charge in [0.2, 0.25) is 5.90 Å². The molecule has 0 amide bonds. The minimum atomic E-state index is -0.414. The van der Waals surface area contributed by atoms with E-state index < -0.39 is 5.97 Å². The monoisotopic (exact) mass is 375 g/mol. The summed E-state index contributed by atoms with van der Waals surface area (Å²) < 4.78 is 6.34. The first-order valence-corrected chi connectivity index (χ1v) is 7.14. The highest BCUT2D eigenvalue weighted by Crippen LogP contribution is 2.19. The van der Waals surface area contributed by atoms with Crippen LogP contribution in [0.25, 0.3) is 6.08 Å². The summed E-state index contributed by atoms with van der Waals surface area (Å²) in [5.74, 6) is -0.0604.